The van der Waals surface area contributed by atoms with Gasteiger partial charge in [0.15, 0.2) is 0 Å². The molecular formula is C22H21F2NO5. The molecule has 0 spiro atoms. The minimum absolute atomic E-state index is 0.0683. The molecule has 0 radical (unpaired) electrons. The minimum Gasteiger partial charge on any atom is -0.454 e. The van der Waals surface area contributed by atoms with E-state index in [4.69, 9.17) is 9.47 Å². The Morgan fingerprint density at radius 3 is 2.27 bits per heavy atom. The number of nitrogens with zero attached hydrogens (tertiary/aromatic N) is 1. The van der Waals surface area contributed by atoms with Gasteiger partial charge in [-0.25, -0.2) is 14.5 Å². The van der Waals surface area contributed by atoms with E-state index in [-0.39, 0.29) is 16.8 Å². The molecule has 2 amide bonds. The van der Waals surface area contributed by atoms with Crippen LogP contribution in [-0.4, -0.2) is 23.6 Å². The molecule has 0 N–H and O–H groups in total. The lowest BCUT2D eigenvalue weighted by Gasteiger charge is -2.23. The summed E-state index contributed by atoms with van der Waals surface area (Å²) in [7, 11) is 0. The van der Waals surface area contributed by atoms with E-state index >= 15 is 0 Å². The molecule has 1 heterocycles. The van der Waals surface area contributed by atoms with E-state index in [1.165, 1.54) is 37.3 Å². The zero-order chi connectivity index (χ0) is 22.3. The van der Waals surface area contributed by atoms with Crippen molar-refractivity contribution >= 4 is 23.7 Å². The Morgan fingerprint density at radius 1 is 1.03 bits per heavy atom. The zero-order valence-corrected chi connectivity index (χ0v) is 16.9. The van der Waals surface area contributed by atoms with Crippen molar-refractivity contribution in [3.63, 3.8) is 0 Å². The van der Waals surface area contributed by atoms with Gasteiger partial charge in [0.1, 0.15) is 11.7 Å². The van der Waals surface area contributed by atoms with E-state index in [0.29, 0.717) is 4.90 Å². The van der Waals surface area contributed by atoms with E-state index in [1.54, 1.807) is 39.0 Å². The standard InChI is InChI=1S/C22H21F2NO5/c1-13(29-18(26)14-9-6-5-7-10-14)15-11-8-12-16-17(15)22(23,24)19(27)25(16)20(28)30-21(2,3)4/h5-13H,1-4H3/t13-/m0/s1. The van der Waals surface area contributed by atoms with Crippen molar-refractivity contribution in [2.75, 3.05) is 4.90 Å². The highest BCUT2D eigenvalue weighted by Gasteiger charge is 2.57. The third-order valence-corrected chi connectivity index (χ3v) is 4.41. The number of rotatable bonds is 3. The third kappa shape index (κ3) is 3.90. The third-order valence-electron chi connectivity index (χ3n) is 4.41. The number of alkyl halides is 2. The Hall–Kier alpha value is -3.29. The topological polar surface area (TPSA) is 72.9 Å². The molecule has 3 rings (SSSR count). The Bertz CT molecular complexity index is 998. The summed E-state index contributed by atoms with van der Waals surface area (Å²) < 4.78 is 40.3. The largest absolute Gasteiger partial charge is 0.454 e. The minimum atomic E-state index is -3.98. The number of hydrogen-bond acceptors (Lipinski definition) is 5. The summed E-state index contributed by atoms with van der Waals surface area (Å²) in [6.45, 7) is 6.11. The monoisotopic (exact) mass is 417 g/mol. The lowest BCUT2D eigenvalue weighted by Crippen LogP contribution is -2.42. The molecule has 1 atom stereocenters. The van der Waals surface area contributed by atoms with Gasteiger partial charge < -0.3 is 9.47 Å². The maximum atomic E-state index is 14.9. The van der Waals surface area contributed by atoms with E-state index in [9.17, 15) is 23.2 Å². The van der Waals surface area contributed by atoms with Crippen LogP contribution < -0.4 is 4.90 Å². The smallest absolute Gasteiger partial charge is 0.421 e. The van der Waals surface area contributed by atoms with Crippen LogP contribution in [0.15, 0.2) is 48.5 Å². The van der Waals surface area contributed by atoms with Crippen molar-refractivity contribution in [3.05, 3.63) is 65.2 Å². The highest BCUT2D eigenvalue weighted by atomic mass is 19.3. The molecule has 0 aliphatic carbocycles. The van der Waals surface area contributed by atoms with Gasteiger partial charge in [-0.3, -0.25) is 4.79 Å². The van der Waals surface area contributed by atoms with Gasteiger partial charge in [0, 0.05) is 5.56 Å². The molecule has 6 nitrogen and oxygen atoms in total. The molecule has 30 heavy (non-hydrogen) atoms. The van der Waals surface area contributed by atoms with Crippen LogP contribution in [0.5, 0.6) is 0 Å². The summed E-state index contributed by atoms with van der Waals surface area (Å²) in [5.41, 5.74) is -1.75. The molecule has 1 aliphatic rings. The maximum absolute atomic E-state index is 14.9. The first-order valence-corrected chi connectivity index (χ1v) is 9.28. The van der Waals surface area contributed by atoms with Crippen LogP contribution in [0, 0.1) is 0 Å². The fourth-order valence-corrected chi connectivity index (χ4v) is 3.14. The molecule has 0 saturated carbocycles. The SMILES string of the molecule is C[C@H](OC(=O)c1ccccc1)c1cccc2c1C(F)(F)C(=O)N2C(=O)OC(C)(C)C. The van der Waals surface area contributed by atoms with Crippen molar-refractivity contribution in [2.45, 2.75) is 45.3 Å². The lowest BCUT2D eigenvalue weighted by atomic mass is 9.98. The molecule has 2 aromatic rings. The number of benzene rings is 2. The number of imide groups is 1. The first-order chi connectivity index (χ1) is 13.9. The molecule has 2 aromatic carbocycles. The van der Waals surface area contributed by atoms with E-state index < -0.39 is 41.2 Å². The van der Waals surface area contributed by atoms with Crippen LogP contribution in [0.2, 0.25) is 0 Å². The van der Waals surface area contributed by atoms with Gasteiger partial charge in [0.2, 0.25) is 0 Å². The molecule has 0 bridgehead atoms. The summed E-state index contributed by atoms with van der Waals surface area (Å²) in [5, 5.41) is 0. The lowest BCUT2D eigenvalue weighted by molar-refractivity contribution is -0.141. The van der Waals surface area contributed by atoms with Crippen molar-refractivity contribution < 1.29 is 32.6 Å². The number of ether oxygens (including phenoxy) is 2. The van der Waals surface area contributed by atoms with E-state index in [0.717, 1.165) is 0 Å². The summed E-state index contributed by atoms with van der Waals surface area (Å²) in [6.07, 6.45) is -2.29. The van der Waals surface area contributed by atoms with Crippen LogP contribution in [0.3, 0.4) is 0 Å². The van der Waals surface area contributed by atoms with Gasteiger partial charge >= 0.3 is 23.9 Å². The van der Waals surface area contributed by atoms with Gasteiger partial charge in [-0.1, -0.05) is 30.3 Å². The Morgan fingerprint density at radius 2 is 1.67 bits per heavy atom. The molecule has 8 heteroatoms. The van der Waals surface area contributed by atoms with Gasteiger partial charge in [-0.05, 0) is 45.9 Å². The number of amides is 2. The highest BCUT2D eigenvalue weighted by Crippen LogP contribution is 2.48. The molecule has 0 aromatic heterocycles. The number of carbonyl (C=O) groups is 3. The molecule has 158 valence electrons. The average Bonchev–Trinajstić information content (AvgIpc) is 2.87. The summed E-state index contributed by atoms with van der Waals surface area (Å²) in [5.74, 6) is -6.38. The second-order valence-corrected chi connectivity index (χ2v) is 7.85. The van der Waals surface area contributed by atoms with Gasteiger partial charge in [0.05, 0.1) is 16.8 Å². The number of fused-ring (bicyclic) bond motifs is 1. The van der Waals surface area contributed by atoms with E-state index in [2.05, 4.69) is 0 Å². The van der Waals surface area contributed by atoms with Crippen LogP contribution in [-0.2, 0) is 20.2 Å². The van der Waals surface area contributed by atoms with Gasteiger partial charge in [-0.15, -0.1) is 0 Å². The summed E-state index contributed by atoms with van der Waals surface area (Å²) in [6, 6.07) is 12.1. The van der Waals surface area contributed by atoms with Crippen molar-refractivity contribution in [3.8, 4) is 0 Å². The van der Waals surface area contributed by atoms with Crippen LogP contribution >= 0.6 is 0 Å². The summed E-state index contributed by atoms with van der Waals surface area (Å²) >= 11 is 0. The maximum Gasteiger partial charge on any atom is 0.421 e. The highest BCUT2D eigenvalue weighted by molar-refractivity contribution is 6.20. The predicted molar refractivity (Wildman–Crippen MR) is 104 cm³/mol. The Labute approximate surface area is 172 Å². The van der Waals surface area contributed by atoms with Gasteiger partial charge in [0.25, 0.3) is 0 Å². The predicted octanol–water partition coefficient (Wildman–Crippen LogP) is 4.98. The second kappa shape index (κ2) is 7.51. The van der Waals surface area contributed by atoms with E-state index in [1.807, 2.05) is 0 Å². The fourth-order valence-electron chi connectivity index (χ4n) is 3.14. The average molecular weight is 417 g/mol. The Kier molecular flexibility index (Phi) is 5.36. The zero-order valence-electron chi connectivity index (χ0n) is 16.9. The molecular weight excluding hydrogens is 396 g/mol. The van der Waals surface area contributed by atoms with Crippen LogP contribution in [0.1, 0.15) is 55.3 Å². The second-order valence-electron chi connectivity index (χ2n) is 7.85. The normalized spacial score (nSPS) is 16.1. The van der Waals surface area contributed by atoms with Crippen LogP contribution in [0.4, 0.5) is 19.3 Å². The number of anilines is 1. The van der Waals surface area contributed by atoms with Crippen molar-refractivity contribution in [1.82, 2.24) is 0 Å². The number of hydrogen-bond donors (Lipinski definition) is 0. The molecule has 0 saturated heterocycles. The molecule has 1 aliphatic heterocycles. The number of esters is 1. The summed E-state index contributed by atoms with van der Waals surface area (Å²) in [4.78, 5) is 37.5. The quantitative estimate of drug-likeness (QED) is 0.659. The van der Waals surface area contributed by atoms with Crippen molar-refractivity contribution in [1.29, 1.82) is 0 Å². The first kappa shape index (κ1) is 21.4. The fraction of sp³-hybridized carbons (Fsp3) is 0.318. The number of carbonyl (C=O) groups excluding carboxylic acids is 3. The van der Waals surface area contributed by atoms with Crippen LogP contribution in [0.25, 0.3) is 0 Å². The molecule has 0 fully saturated rings. The number of halogens is 2. The Balaban J connectivity index is 1.97. The molecule has 0 unspecified atom stereocenters. The van der Waals surface area contributed by atoms with Gasteiger partial charge in [-0.2, -0.15) is 8.78 Å². The van der Waals surface area contributed by atoms with Crippen molar-refractivity contribution in [2.24, 2.45) is 0 Å². The first-order valence-electron chi connectivity index (χ1n) is 9.28.